The Hall–Kier alpha value is -6.07. The zero-order chi connectivity index (χ0) is 48.2. The Morgan fingerprint density at radius 1 is 0.899 bits per heavy atom. The molecule has 7 atom stereocenters. The summed E-state index contributed by atoms with van der Waals surface area (Å²) in [6, 6.07) is 28.9. The van der Waals surface area contributed by atoms with Crippen molar-refractivity contribution in [1.29, 1.82) is 0 Å². The van der Waals surface area contributed by atoms with Gasteiger partial charge in [-0.15, -0.1) is 0 Å². The first-order valence-corrected chi connectivity index (χ1v) is 24.1. The number of aliphatic hydroxyl groups excluding tert-OH is 4. The molecule has 1 aliphatic carbocycles. The molecule has 4 heterocycles. The van der Waals surface area contributed by atoms with Gasteiger partial charge in [-0.05, 0) is 133 Å². The van der Waals surface area contributed by atoms with Crippen LogP contribution in [-0.2, 0) is 49.7 Å². The lowest BCUT2D eigenvalue weighted by Crippen LogP contribution is -2.54. The van der Waals surface area contributed by atoms with Gasteiger partial charge in [-0.25, -0.2) is 9.59 Å². The fourth-order valence-corrected chi connectivity index (χ4v) is 11.3. The smallest absolute Gasteiger partial charge is 0.340 e. The number of carbonyl (C=O) groups is 2. The maximum Gasteiger partial charge on any atom is 0.340 e. The van der Waals surface area contributed by atoms with Crippen molar-refractivity contribution in [3.8, 4) is 17.6 Å². The van der Waals surface area contributed by atoms with Gasteiger partial charge in [-0.2, -0.15) is 0 Å². The molecule has 1 aromatic heterocycles. The van der Waals surface area contributed by atoms with Gasteiger partial charge in [0.15, 0.2) is 17.8 Å². The molecule has 7 unspecified atom stereocenters. The number of hydrogen-bond donors (Lipinski definition) is 4. The summed E-state index contributed by atoms with van der Waals surface area (Å²) in [6.07, 6.45) is 1.89. The second-order valence-corrected chi connectivity index (χ2v) is 19.3. The Morgan fingerprint density at radius 3 is 2.51 bits per heavy atom. The minimum Gasteiger partial charge on any atom is -0.482 e. The molecule has 1 fully saturated rings. The van der Waals surface area contributed by atoms with Crippen LogP contribution in [-0.4, -0.2) is 70.7 Å². The summed E-state index contributed by atoms with van der Waals surface area (Å²) in [6.45, 7) is 1.38. The van der Waals surface area contributed by atoms with Crippen molar-refractivity contribution in [2.75, 3.05) is 26.6 Å². The first-order chi connectivity index (χ1) is 33.5. The van der Waals surface area contributed by atoms with Crippen LogP contribution >= 0.6 is 0 Å². The van der Waals surface area contributed by atoms with Crippen molar-refractivity contribution in [3.63, 3.8) is 0 Å². The van der Waals surface area contributed by atoms with Gasteiger partial charge in [0.05, 0.1) is 31.8 Å². The zero-order valence-electron chi connectivity index (χ0n) is 39.2. The van der Waals surface area contributed by atoms with E-state index in [1.165, 1.54) is 16.7 Å². The standard InChI is InChI=1S/C57H60O12/c1-34(30-59)43-17-14-36-15-18-44-40(26-36)12-6-7-23-57(2)54(68-55(43)63)53(51-48(69-57)21-20-46-47(31-60)50(56(64)67-52(46)51)41(22-24-58)32-65-33-61)66-49(62)29-42-28-39(16-19-45(42)44)38-13-8-11-37(27-38)25-35-9-4-3-5-10-35/h3-5,8-11,13,15,18,20-21,26-27,39,41-42,45,53-54,58-61H,12,14,16-17,19,22-25,28-33H2,1-2H3. The molecule has 0 radical (unpaired) electrons. The molecule has 5 aromatic rings. The highest BCUT2D eigenvalue weighted by molar-refractivity contribution is 5.90. The third-order valence-electron chi connectivity index (χ3n) is 14.9. The van der Waals surface area contributed by atoms with E-state index in [0.29, 0.717) is 30.2 Å². The molecule has 3 aliphatic heterocycles. The molecule has 12 nitrogen and oxygen atoms in total. The molecule has 69 heavy (non-hydrogen) atoms. The second-order valence-electron chi connectivity index (χ2n) is 19.3. The van der Waals surface area contributed by atoms with Crippen LogP contribution in [0.25, 0.3) is 11.0 Å². The molecular formula is C57H60O12. The van der Waals surface area contributed by atoms with E-state index in [9.17, 15) is 30.0 Å². The normalized spacial score (nSPS) is 24.6. The van der Waals surface area contributed by atoms with Gasteiger partial charge in [0.25, 0.3) is 0 Å². The van der Waals surface area contributed by atoms with Gasteiger partial charge >= 0.3 is 17.6 Å². The molecule has 0 spiro atoms. The largest absolute Gasteiger partial charge is 0.482 e. The van der Waals surface area contributed by atoms with E-state index in [4.69, 9.17) is 23.4 Å². The Bertz CT molecular complexity index is 2870. The van der Waals surface area contributed by atoms with Crippen molar-refractivity contribution in [1.82, 2.24) is 0 Å². The Balaban J connectivity index is 1.20. The minimum absolute atomic E-state index is 0.00187. The molecule has 4 aromatic carbocycles. The van der Waals surface area contributed by atoms with E-state index in [0.717, 1.165) is 36.0 Å². The van der Waals surface area contributed by atoms with E-state index < -0.39 is 54.7 Å². The van der Waals surface area contributed by atoms with Crippen LogP contribution in [0, 0.1) is 17.8 Å². The number of ether oxygens (including phenoxy) is 4. The topological polar surface area (TPSA) is 182 Å². The number of benzene rings is 4. The molecule has 4 aliphatic rings. The SMILES string of the molecule is CC(CO)=C1CCc2ccc3c(c2)CC#CCC2(C)Oc4ccc5c(CO)c(C(CCO)COCO)c(=O)oc5c4C(OC(=O)CC4CC(c5cccc(Cc6ccccc6)c5)CCC34)C2OC1=O. The lowest BCUT2D eigenvalue weighted by molar-refractivity contribution is -0.190. The maximum atomic E-state index is 15.1. The van der Waals surface area contributed by atoms with Gasteiger partial charge in [0.1, 0.15) is 18.1 Å². The molecule has 0 amide bonds. The summed E-state index contributed by atoms with van der Waals surface area (Å²) in [5.74, 6) is 4.99. The highest BCUT2D eigenvalue weighted by Gasteiger charge is 2.53. The van der Waals surface area contributed by atoms with Gasteiger partial charge in [-0.3, -0.25) is 4.79 Å². The number of fused-ring (bicyclic) bond motifs is 9. The number of esters is 2. The monoisotopic (exact) mass is 936 g/mol. The maximum absolute atomic E-state index is 15.1. The average molecular weight is 937 g/mol. The predicted octanol–water partition coefficient (Wildman–Crippen LogP) is 7.92. The molecule has 9 rings (SSSR count). The van der Waals surface area contributed by atoms with E-state index in [-0.39, 0.29) is 96.9 Å². The number of aryl methyl sites for hydroxylation is 1. The van der Waals surface area contributed by atoms with E-state index in [1.807, 2.05) is 6.07 Å². The lowest BCUT2D eigenvalue weighted by Gasteiger charge is -2.45. The van der Waals surface area contributed by atoms with Crippen molar-refractivity contribution in [3.05, 3.63) is 157 Å². The van der Waals surface area contributed by atoms with Crippen molar-refractivity contribution in [2.45, 2.75) is 120 Å². The van der Waals surface area contributed by atoms with E-state index in [1.54, 1.807) is 26.0 Å². The highest BCUT2D eigenvalue weighted by Crippen LogP contribution is 2.51. The van der Waals surface area contributed by atoms with Gasteiger partial charge < -0.3 is 43.8 Å². The minimum atomic E-state index is -1.41. The van der Waals surface area contributed by atoms with Crippen LogP contribution in [0.4, 0.5) is 0 Å². The van der Waals surface area contributed by atoms with E-state index >= 15 is 4.79 Å². The average Bonchev–Trinajstić information content (AvgIpc) is 3.34. The summed E-state index contributed by atoms with van der Waals surface area (Å²) in [4.78, 5) is 44.0. The van der Waals surface area contributed by atoms with Gasteiger partial charge in [0, 0.05) is 41.9 Å². The predicted molar refractivity (Wildman–Crippen MR) is 257 cm³/mol. The molecule has 1 saturated carbocycles. The lowest BCUT2D eigenvalue weighted by atomic mass is 9.67. The molecule has 4 N–H and O–H groups in total. The fourth-order valence-electron chi connectivity index (χ4n) is 11.3. The number of aliphatic hydroxyl groups is 4. The molecule has 360 valence electrons. The highest BCUT2D eigenvalue weighted by atomic mass is 16.6. The summed E-state index contributed by atoms with van der Waals surface area (Å²) in [7, 11) is 0. The fraction of sp³-hybridized carbons (Fsp3) is 0.421. The van der Waals surface area contributed by atoms with Crippen LogP contribution in [0.5, 0.6) is 5.75 Å². The summed E-state index contributed by atoms with van der Waals surface area (Å²) >= 11 is 0. The third kappa shape index (κ3) is 9.89. The van der Waals surface area contributed by atoms with Gasteiger partial charge in [-0.1, -0.05) is 84.6 Å². The summed E-state index contributed by atoms with van der Waals surface area (Å²) in [5.41, 5.74) is 5.76. The number of carbonyl (C=O) groups excluding carboxylic acids is 2. The van der Waals surface area contributed by atoms with Crippen molar-refractivity contribution >= 4 is 22.9 Å². The van der Waals surface area contributed by atoms with Crippen LogP contribution in [0.3, 0.4) is 0 Å². The molecule has 5 bridgehead atoms. The Morgan fingerprint density at radius 2 is 1.72 bits per heavy atom. The molecule has 0 saturated heterocycles. The van der Waals surface area contributed by atoms with E-state index in [2.05, 4.69) is 78.6 Å². The van der Waals surface area contributed by atoms with Crippen LogP contribution in [0.15, 0.2) is 105 Å². The number of hydrogen-bond acceptors (Lipinski definition) is 12. The summed E-state index contributed by atoms with van der Waals surface area (Å²) in [5, 5.41) is 41.1. The first kappa shape index (κ1) is 48.0. The zero-order valence-corrected chi connectivity index (χ0v) is 39.2. The van der Waals surface area contributed by atoms with Crippen LogP contribution in [0.1, 0.15) is 133 Å². The number of rotatable bonds is 11. The third-order valence-corrected chi connectivity index (χ3v) is 14.9. The van der Waals surface area contributed by atoms with Crippen molar-refractivity contribution in [2.24, 2.45) is 5.92 Å². The molecular weight excluding hydrogens is 877 g/mol. The summed E-state index contributed by atoms with van der Waals surface area (Å²) < 4.78 is 31.6. The quantitative estimate of drug-likeness (QED) is 0.0331. The molecule has 12 heteroatoms. The Kier molecular flexibility index (Phi) is 14.5. The van der Waals surface area contributed by atoms with Crippen LogP contribution in [0.2, 0.25) is 0 Å². The Labute approximate surface area is 401 Å². The second kappa shape index (κ2) is 20.9. The first-order valence-electron chi connectivity index (χ1n) is 24.1. The van der Waals surface area contributed by atoms with Gasteiger partial charge in [0.2, 0.25) is 0 Å². The van der Waals surface area contributed by atoms with Crippen LogP contribution < -0.4 is 10.4 Å². The van der Waals surface area contributed by atoms with Crippen molar-refractivity contribution < 1.29 is 53.4 Å².